The molecule has 540 valence electrons. The molecule has 91 heavy (non-hydrogen) atoms. The number of phosphoric acid groups is 2. The van der Waals surface area contributed by atoms with Gasteiger partial charge >= 0.3 is 39.5 Å². The zero-order valence-corrected chi connectivity index (χ0v) is 61.1. The largest absolute Gasteiger partial charge is 0.472 e. The first kappa shape index (κ1) is 89.1. The molecule has 0 radical (unpaired) electrons. The summed E-state index contributed by atoms with van der Waals surface area (Å²) in [4.78, 5) is 72.6. The van der Waals surface area contributed by atoms with Crippen LogP contribution < -0.4 is 0 Å². The van der Waals surface area contributed by atoms with Crippen LogP contribution in [0.3, 0.4) is 0 Å². The molecule has 0 aromatic heterocycles. The van der Waals surface area contributed by atoms with Gasteiger partial charge in [-0.1, -0.05) is 312 Å². The number of hydrogen-bond donors (Lipinski definition) is 3. The van der Waals surface area contributed by atoms with Gasteiger partial charge in [-0.15, -0.1) is 0 Å². The molecule has 3 N–H and O–H groups in total. The smallest absolute Gasteiger partial charge is 0.462 e. The van der Waals surface area contributed by atoms with Crippen LogP contribution in [0.2, 0.25) is 0 Å². The van der Waals surface area contributed by atoms with Crippen molar-refractivity contribution < 1.29 is 80.2 Å². The van der Waals surface area contributed by atoms with Crippen LogP contribution in [0.15, 0.2) is 0 Å². The number of carbonyl (C=O) groups excluding carboxylic acids is 4. The van der Waals surface area contributed by atoms with Crippen molar-refractivity contribution in [2.24, 2.45) is 17.8 Å². The summed E-state index contributed by atoms with van der Waals surface area (Å²) in [6.45, 7) is 11.9. The maximum Gasteiger partial charge on any atom is 0.472 e. The monoisotopic (exact) mass is 1340 g/mol. The van der Waals surface area contributed by atoms with E-state index in [2.05, 4.69) is 48.5 Å². The fourth-order valence-corrected chi connectivity index (χ4v) is 12.5. The summed E-state index contributed by atoms with van der Waals surface area (Å²) < 4.78 is 68.4. The highest BCUT2D eigenvalue weighted by Crippen LogP contribution is 2.45. The second-order valence-electron chi connectivity index (χ2n) is 27.4. The molecule has 0 bridgehead atoms. The molecule has 0 aromatic carbocycles. The van der Waals surface area contributed by atoms with Crippen LogP contribution in [-0.4, -0.2) is 96.7 Å². The van der Waals surface area contributed by atoms with Gasteiger partial charge in [0.2, 0.25) is 0 Å². The molecule has 0 rings (SSSR count). The van der Waals surface area contributed by atoms with Crippen LogP contribution in [0, 0.1) is 17.8 Å². The minimum atomic E-state index is -4.95. The lowest BCUT2D eigenvalue weighted by Gasteiger charge is -2.21. The third-order valence-corrected chi connectivity index (χ3v) is 18.5. The molecule has 2 unspecified atom stereocenters. The Kier molecular flexibility index (Phi) is 61.5. The van der Waals surface area contributed by atoms with Gasteiger partial charge in [0.25, 0.3) is 0 Å². The number of phosphoric ester groups is 2. The molecule has 0 saturated heterocycles. The minimum Gasteiger partial charge on any atom is -0.462 e. The Bertz CT molecular complexity index is 1780. The van der Waals surface area contributed by atoms with Crippen molar-refractivity contribution in [2.75, 3.05) is 39.6 Å². The molecule has 0 spiro atoms. The highest BCUT2D eigenvalue weighted by Gasteiger charge is 2.30. The maximum absolute atomic E-state index is 13.0. The predicted molar refractivity (Wildman–Crippen MR) is 368 cm³/mol. The maximum atomic E-state index is 13.0. The van der Waals surface area contributed by atoms with E-state index in [9.17, 15) is 43.2 Å². The molecule has 0 fully saturated rings. The number of ether oxygens (including phenoxy) is 4. The first-order valence-electron chi connectivity index (χ1n) is 37.3. The van der Waals surface area contributed by atoms with Gasteiger partial charge in [-0.25, -0.2) is 9.13 Å². The number of hydrogen-bond acceptors (Lipinski definition) is 15. The van der Waals surface area contributed by atoms with E-state index in [0.29, 0.717) is 25.7 Å². The van der Waals surface area contributed by atoms with Crippen LogP contribution in [0.1, 0.15) is 363 Å². The number of carbonyl (C=O) groups is 4. The molecular weight excluding hydrogens is 1200 g/mol. The first-order chi connectivity index (χ1) is 43.7. The zero-order chi connectivity index (χ0) is 67.3. The summed E-state index contributed by atoms with van der Waals surface area (Å²) in [5.74, 6) is 0.178. The van der Waals surface area contributed by atoms with Crippen molar-refractivity contribution in [1.82, 2.24) is 0 Å². The Balaban J connectivity index is 5.25. The Morgan fingerprint density at radius 3 is 0.747 bits per heavy atom. The average molecular weight is 1340 g/mol. The number of aliphatic hydroxyl groups excluding tert-OH is 1. The zero-order valence-electron chi connectivity index (χ0n) is 59.3. The van der Waals surface area contributed by atoms with Crippen LogP contribution in [-0.2, 0) is 65.4 Å². The van der Waals surface area contributed by atoms with E-state index >= 15 is 0 Å². The normalized spacial score (nSPS) is 14.2. The molecule has 17 nitrogen and oxygen atoms in total. The first-order valence-corrected chi connectivity index (χ1v) is 40.3. The second-order valence-corrected chi connectivity index (χ2v) is 30.3. The van der Waals surface area contributed by atoms with Gasteiger partial charge < -0.3 is 33.8 Å². The lowest BCUT2D eigenvalue weighted by Crippen LogP contribution is -2.30. The quantitative estimate of drug-likeness (QED) is 0.0222. The van der Waals surface area contributed by atoms with Gasteiger partial charge in [0.15, 0.2) is 12.2 Å². The van der Waals surface area contributed by atoms with Crippen molar-refractivity contribution in [3.63, 3.8) is 0 Å². The topological polar surface area (TPSA) is 237 Å². The summed E-state index contributed by atoms with van der Waals surface area (Å²) in [5, 5.41) is 10.6. The van der Waals surface area contributed by atoms with Crippen LogP contribution in [0.4, 0.5) is 0 Å². The van der Waals surface area contributed by atoms with Crippen molar-refractivity contribution in [3.8, 4) is 0 Å². The van der Waals surface area contributed by atoms with Crippen molar-refractivity contribution in [1.29, 1.82) is 0 Å². The summed E-state index contributed by atoms with van der Waals surface area (Å²) in [6.07, 6.45) is 47.1. The van der Waals surface area contributed by atoms with Gasteiger partial charge in [0, 0.05) is 25.7 Å². The number of rotatable bonds is 70. The molecule has 19 heteroatoms. The molecule has 0 saturated carbocycles. The Morgan fingerprint density at radius 2 is 0.505 bits per heavy atom. The fraction of sp³-hybridized carbons (Fsp3) is 0.944. The number of unbranched alkanes of at least 4 members (excludes halogenated alkanes) is 38. The van der Waals surface area contributed by atoms with E-state index in [-0.39, 0.29) is 25.7 Å². The number of esters is 4. The van der Waals surface area contributed by atoms with Gasteiger partial charge in [-0.3, -0.25) is 37.3 Å². The highest BCUT2D eigenvalue weighted by molar-refractivity contribution is 7.47. The molecule has 0 heterocycles. The van der Waals surface area contributed by atoms with Crippen molar-refractivity contribution in [2.45, 2.75) is 381 Å². The van der Waals surface area contributed by atoms with E-state index < -0.39 is 97.5 Å². The van der Waals surface area contributed by atoms with Crippen LogP contribution in [0.5, 0.6) is 0 Å². The molecule has 0 aliphatic heterocycles. The van der Waals surface area contributed by atoms with E-state index in [0.717, 1.165) is 108 Å². The van der Waals surface area contributed by atoms with Crippen LogP contribution in [0.25, 0.3) is 0 Å². The Hall–Kier alpha value is -1.94. The Labute approximate surface area is 556 Å². The summed E-state index contributed by atoms with van der Waals surface area (Å²) >= 11 is 0. The van der Waals surface area contributed by atoms with Crippen LogP contribution >= 0.6 is 15.6 Å². The average Bonchev–Trinajstić information content (AvgIpc) is 2.21. The lowest BCUT2D eigenvalue weighted by molar-refractivity contribution is -0.161. The number of aliphatic hydroxyl groups is 1. The van der Waals surface area contributed by atoms with Gasteiger partial charge in [-0.2, -0.15) is 0 Å². The van der Waals surface area contributed by atoms with Gasteiger partial charge in [0.05, 0.1) is 26.4 Å². The second kappa shape index (κ2) is 62.8. The third kappa shape index (κ3) is 66.5. The molecule has 5 atom stereocenters. The van der Waals surface area contributed by atoms with E-state index in [1.54, 1.807) is 0 Å². The SMILES string of the molecule is CCCCCCCCCCCC(=O)OC[C@H](COP(=O)(O)OC[C@H](O)COP(=O)(O)OC[C@@H](COC(=O)CCCCCCCCCCCCCC(C)C)OC(=O)CCCCCCCCCCCCCC(C)C)OC(=O)CCCCCCCCCCCCCC(C)C. The highest BCUT2D eigenvalue weighted by atomic mass is 31.2. The predicted octanol–water partition coefficient (Wildman–Crippen LogP) is 20.6. The minimum absolute atomic E-state index is 0.106. The Morgan fingerprint density at radius 1 is 0.297 bits per heavy atom. The fourth-order valence-electron chi connectivity index (χ4n) is 10.9. The molecule has 0 aliphatic carbocycles. The lowest BCUT2D eigenvalue weighted by atomic mass is 10.0. The molecule has 0 amide bonds. The summed E-state index contributed by atoms with van der Waals surface area (Å²) in [6, 6.07) is 0. The van der Waals surface area contributed by atoms with E-state index in [1.807, 2.05) is 0 Å². The molecular formula is C72H140O17P2. The third-order valence-electron chi connectivity index (χ3n) is 16.6. The van der Waals surface area contributed by atoms with E-state index in [4.69, 9.17) is 37.0 Å². The van der Waals surface area contributed by atoms with Gasteiger partial charge in [0.1, 0.15) is 19.3 Å². The van der Waals surface area contributed by atoms with Crippen molar-refractivity contribution >= 4 is 39.5 Å². The standard InChI is InChI=1S/C72H140O17P2/c1-8-9-10-11-12-22-32-39-46-53-69(74)82-59-67(88-71(76)55-48-41-34-27-20-14-17-24-30-37-44-51-64(4)5)61-86-90(78,79)84-57-66(73)58-85-91(80,81)87-62-68(89-72(77)56-49-42-35-28-21-15-18-25-31-38-45-52-65(6)7)60-83-70(75)54-47-40-33-26-19-13-16-23-29-36-43-50-63(2)3/h63-68,73H,8-62H2,1-7H3,(H,78,79)(H,80,81)/t66-,67+,68+/m0/s1. The molecule has 0 aromatic rings. The van der Waals surface area contributed by atoms with Gasteiger partial charge in [-0.05, 0) is 43.4 Å². The van der Waals surface area contributed by atoms with Crippen molar-refractivity contribution in [3.05, 3.63) is 0 Å². The molecule has 0 aliphatic rings. The van der Waals surface area contributed by atoms with E-state index in [1.165, 1.54) is 173 Å². The summed E-state index contributed by atoms with van der Waals surface area (Å²) in [7, 11) is -9.90. The summed E-state index contributed by atoms with van der Waals surface area (Å²) in [5.41, 5.74) is 0.